The van der Waals surface area contributed by atoms with Crippen LogP contribution in [-0.2, 0) is 20.7 Å². The number of urea groups is 1. The van der Waals surface area contributed by atoms with Gasteiger partial charge in [-0.1, -0.05) is 43.1 Å². The Kier molecular flexibility index (Phi) is 8.57. The summed E-state index contributed by atoms with van der Waals surface area (Å²) in [5.41, 5.74) is 0.612. The predicted molar refractivity (Wildman–Crippen MR) is 92.1 cm³/mol. The Hall–Kier alpha value is -1.79. The van der Waals surface area contributed by atoms with E-state index in [1.807, 2.05) is 13.8 Å². The summed E-state index contributed by atoms with van der Waals surface area (Å²) in [6.07, 6.45) is 0.755. The number of amides is 3. The molecule has 0 saturated heterocycles. The molecule has 1 aromatic rings. The molecule has 132 valence electrons. The van der Waals surface area contributed by atoms with E-state index in [0.717, 1.165) is 6.42 Å². The number of esters is 1. The first-order chi connectivity index (χ1) is 11.3. The normalized spacial score (nSPS) is 10.4. The highest BCUT2D eigenvalue weighted by atomic mass is 35.5. The minimum Gasteiger partial charge on any atom is -0.455 e. The number of nitrogens with one attached hydrogen (secondary N) is 2. The first-order valence-corrected chi connectivity index (χ1v) is 8.20. The number of halogens is 2. The largest absolute Gasteiger partial charge is 0.455 e. The lowest BCUT2D eigenvalue weighted by Gasteiger charge is -2.09. The topological polar surface area (TPSA) is 84.5 Å². The number of hydrogen-bond donors (Lipinski definition) is 2. The van der Waals surface area contributed by atoms with Gasteiger partial charge in [0.05, 0.1) is 16.5 Å². The van der Waals surface area contributed by atoms with Crippen molar-refractivity contribution in [3.8, 4) is 0 Å². The number of hydrogen-bond acceptors (Lipinski definition) is 4. The van der Waals surface area contributed by atoms with Crippen molar-refractivity contribution >= 4 is 41.1 Å². The van der Waals surface area contributed by atoms with Gasteiger partial charge < -0.3 is 10.1 Å². The molecule has 1 aromatic carbocycles. The van der Waals surface area contributed by atoms with Crippen molar-refractivity contribution in [2.45, 2.75) is 26.7 Å². The van der Waals surface area contributed by atoms with Crippen molar-refractivity contribution < 1.29 is 19.1 Å². The van der Waals surface area contributed by atoms with Crippen LogP contribution in [0.1, 0.15) is 25.8 Å². The van der Waals surface area contributed by atoms with E-state index in [0.29, 0.717) is 28.1 Å². The SMILES string of the molecule is CC(C)CCNC(=O)NC(=O)COC(=O)Cc1ccc(Cl)c(Cl)c1. The number of ether oxygens (including phenoxy) is 1. The molecule has 0 unspecified atom stereocenters. The quantitative estimate of drug-likeness (QED) is 0.718. The van der Waals surface area contributed by atoms with Crippen LogP contribution in [-0.4, -0.2) is 31.1 Å². The second-order valence-electron chi connectivity index (χ2n) is 5.57. The van der Waals surface area contributed by atoms with E-state index in [9.17, 15) is 14.4 Å². The van der Waals surface area contributed by atoms with E-state index in [1.165, 1.54) is 0 Å². The Bertz CT molecular complexity index is 606. The molecule has 0 radical (unpaired) electrons. The molecule has 24 heavy (non-hydrogen) atoms. The predicted octanol–water partition coefficient (Wildman–Crippen LogP) is 2.95. The number of carbonyl (C=O) groups is 3. The van der Waals surface area contributed by atoms with Crippen molar-refractivity contribution in [3.05, 3.63) is 33.8 Å². The minimum absolute atomic E-state index is 0.0508. The maximum atomic E-state index is 11.7. The summed E-state index contributed by atoms with van der Waals surface area (Å²) in [5.74, 6) is -0.855. The highest BCUT2D eigenvalue weighted by molar-refractivity contribution is 6.42. The van der Waals surface area contributed by atoms with Crippen LogP contribution in [0.25, 0.3) is 0 Å². The summed E-state index contributed by atoms with van der Waals surface area (Å²) in [4.78, 5) is 34.6. The van der Waals surface area contributed by atoms with E-state index >= 15 is 0 Å². The molecule has 0 aliphatic rings. The van der Waals surface area contributed by atoms with Crippen molar-refractivity contribution in [3.63, 3.8) is 0 Å². The molecule has 8 heteroatoms. The third-order valence-corrected chi connectivity index (χ3v) is 3.70. The lowest BCUT2D eigenvalue weighted by atomic mass is 10.1. The molecule has 3 amide bonds. The molecule has 0 aliphatic carbocycles. The van der Waals surface area contributed by atoms with Gasteiger partial charge in [-0.25, -0.2) is 4.79 Å². The molecule has 0 aliphatic heterocycles. The first kappa shape index (κ1) is 20.3. The Morgan fingerprint density at radius 1 is 1.17 bits per heavy atom. The van der Waals surface area contributed by atoms with E-state index < -0.39 is 24.5 Å². The minimum atomic E-state index is -0.695. The molecular formula is C16H20Cl2N2O4. The van der Waals surface area contributed by atoms with E-state index in [-0.39, 0.29) is 6.42 Å². The molecule has 0 fully saturated rings. The summed E-state index contributed by atoms with van der Waals surface area (Å²) in [6, 6.07) is 4.15. The van der Waals surface area contributed by atoms with Crippen molar-refractivity contribution in [2.24, 2.45) is 5.92 Å². The van der Waals surface area contributed by atoms with Crippen LogP contribution >= 0.6 is 23.2 Å². The van der Waals surface area contributed by atoms with Crippen molar-refractivity contribution in [1.82, 2.24) is 10.6 Å². The van der Waals surface area contributed by atoms with E-state index in [1.54, 1.807) is 18.2 Å². The van der Waals surface area contributed by atoms with E-state index in [4.69, 9.17) is 27.9 Å². The van der Waals surface area contributed by atoms with Crippen LogP contribution in [0, 0.1) is 5.92 Å². The van der Waals surface area contributed by atoms with E-state index in [2.05, 4.69) is 10.6 Å². The van der Waals surface area contributed by atoms with Gasteiger partial charge in [-0.05, 0) is 30.0 Å². The maximum absolute atomic E-state index is 11.7. The summed E-state index contributed by atoms with van der Waals surface area (Å²) >= 11 is 11.6. The molecule has 0 atom stereocenters. The molecule has 1 rings (SSSR count). The summed E-state index contributed by atoms with van der Waals surface area (Å²) < 4.78 is 4.81. The fraction of sp³-hybridized carbons (Fsp3) is 0.438. The highest BCUT2D eigenvalue weighted by Gasteiger charge is 2.12. The molecule has 2 N–H and O–H groups in total. The van der Waals surface area contributed by atoms with Crippen LogP contribution in [0.4, 0.5) is 4.79 Å². The van der Waals surface area contributed by atoms with Gasteiger partial charge in [-0.3, -0.25) is 14.9 Å². The number of imide groups is 1. The molecule has 0 bridgehead atoms. The Morgan fingerprint density at radius 2 is 1.88 bits per heavy atom. The fourth-order valence-corrected chi connectivity index (χ4v) is 2.02. The smallest absolute Gasteiger partial charge is 0.321 e. The Labute approximate surface area is 150 Å². The van der Waals surface area contributed by atoms with Gasteiger partial charge in [0.15, 0.2) is 6.61 Å². The van der Waals surface area contributed by atoms with Crippen LogP contribution in [0.5, 0.6) is 0 Å². The number of benzene rings is 1. The summed E-state index contributed by atoms with van der Waals surface area (Å²) in [7, 11) is 0. The highest BCUT2D eigenvalue weighted by Crippen LogP contribution is 2.22. The van der Waals surface area contributed by atoms with Gasteiger partial charge in [-0.15, -0.1) is 0 Å². The van der Waals surface area contributed by atoms with Crippen LogP contribution in [0.3, 0.4) is 0 Å². The molecule has 0 spiro atoms. The second-order valence-corrected chi connectivity index (χ2v) is 6.39. The standard InChI is InChI=1S/C16H20Cl2N2O4/c1-10(2)5-6-19-16(23)20-14(21)9-24-15(22)8-11-3-4-12(17)13(18)7-11/h3-4,7,10H,5-6,8-9H2,1-2H3,(H2,19,20,21,23). The number of rotatable bonds is 7. The van der Waals surface area contributed by atoms with Gasteiger partial charge in [0.1, 0.15) is 0 Å². The van der Waals surface area contributed by atoms with Crippen LogP contribution in [0.2, 0.25) is 10.0 Å². The average Bonchev–Trinajstić information content (AvgIpc) is 2.48. The van der Waals surface area contributed by atoms with Gasteiger partial charge >= 0.3 is 12.0 Å². The van der Waals surface area contributed by atoms with Gasteiger partial charge in [0, 0.05) is 6.54 Å². The Balaban J connectivity index is 2.29. The number of carbonyl (C=O) groups excluding carboxylic acids is 3. The summed E-state index contributed by atoms with van der Waals surface area (Å²) in [6.45, 7) is 3.99. The Morgan fingerprint density at radius 3 is 2.50 bits per heavy atom. The monoisotopic (exact) mass is 374 g/mol. The van der Waals surface area contributed by atoms with Crippen LogP contribution in [0.15, 0.2) is 18.2 Å². The molecular weight excluding hydrogens is 355 g/mol. The molecule has 0 saturated carbocycles. The van der Waals surface area contributed by atoms with Crippen molar-refractivity contribution in [2.75, 3.05) is 13.2 Å². The van der Waals surface area contributed by atoms with Gasteiger partial charge in [0.2, 0.25) is 0 Å². The third kappa shape index (κ3) is 8.17. The summed E-state index contributed by atoms with van der Waals surface area (Å²) in [5, 5.41) is 5.35. The van der Waals surface area contributed by atoms with Crippen molar-refractivity contribution in [1.29, 1.82) is 0 Å². The average molecular weight is 375 g/mol. The molecule has 0 aromatic heterocycles. The first-order valence-electron chi connectivity index (χ1n) is 7.45. The maximum Gasteiger partial charge on any atom is 0.321 e. The molecule has 0 heterocycles. The zero-order chi connectivity index (χ0) is 18.1. The second kappa shape index (κ2) is 10.2. The third-order valence-electron chi connectivity index (χ3n) is 2.96. The van der Waals surface area contributed by atoms with Gasteiger partial charge in [0.25, 0.3) is 5.91 Å². The zero-order valence-corrected chi connectivity index (χ0v) is 15.0. The van der Waals surface area contributed by atoms with Gasteiger partial charge in [-0.2, -0.15) is 0 Å². The van der Waals surface area contributed by atoms with Crippen LogP contribution < -0.4 is 10.6 Å². The fourth-order valence-electron chi connectivity index (χ4n) is 1.69. The lowest BCUT2D eigenvalue weighted by molar-refractivity contribution is -0.147. The zero-order valence-electron chi connectivity index (χ0n) is 13.5. The lowest BCUT2D eigenvalue weighted by Crippen LogP contribution is -2.42. The molecule has 6 nitrogen and oxygen atoms in total.